The van der Waals surface area contributed by atoms with Crippen LogP contribution in [-0.4, -0.2) is 6.04 Å². The topological polar surface area (TPSA) is 26.0 Å². The van der Waals surface area contributed by atoms with E-state index in [-0.39, 0.29) is 0 Å². The molecule has 0 saturated heterocycles. The summed E-state index contributed by atoms with van der Waals surface area (Å²) in [5.41, 5.74) is 11.1. The minimum atomic E-state index is 0.327. The van der Waals surface area contributed by atoms with Gasteiger partial charge in [-0.1, -0.05) is 39.0 Å². The SMILES string of the molecule is Cc1ccc(CC(N)C2CCC(C(C)(C)C)CC2)cc1C. The fourth-order valence-corrected chi connectivity index (χ4v) is 3.78. The van der Waals surface area contributed by atoms with Crippen molar-refractivity contribution in [1.29, 1.82) is 0 Å². The molecule has 1 nitrogen and oxygen atoms in total. The van der Waals surface area contributed by atoms with Gasteiger partial charge in [0.05, 0.1) is 0 Å². The molecular formula is C20H33N. The number of benzene rings is 1. The van der Waals surface area contributed by atoms with Crippen molar-refractivity contribution in [2.24, 2.45) is 23.0 Å². The lowest BCUT2D eigenvalue weighted by atomic mass is 9.68. The van der Waals surface area contributed by atoms with Crippen LogP contribution in [0.25, 0.3) is 0 Å². The van der Waals surface area contributed by atoms with E-state index in [4.69, 9.17) is 5.73 Å². The third-order valence-electron chi connectivity index (χ3n) is 5.64. The monoisotopic (exact) mass is 287 g/mol. The maximum atomic E-state index is 6.52. The zero-order chi connectivity index (χ0) is 15.6. The van der Waals surface area contributed by atoms with E-state index < -0.39 is 0 Å². The van der Waals surface area contributed by atoms with Gasteiger partial charge in [-0.25, -0.2) is 0 Å². The Morgan fingerprint density at radius 1 is 1.05 bits per heavy atom. The molecule has 2 N–H and O–H groups in total. The van der Waals surface area contributed by atoms with E-state index in [2.05, 4.69) is 52.8 Å². The number of rotatable bonds is 3. The van der Waals surface area contributed by atoms with Crippen molar-refractivity contribution in [3.05, 3.63) is 34.9 Å². The second kappa shape index (κ2) is 6.52. The molecular weight excluding hydrogens is 254 g/mol. The Hall–Kier alpha value is -0.820. The first kappa shape index (κ1) is 16.5. The van der Waals surface area contributed by atoms with Crippen LogP contribution < -0.4 is 5.73 Å². The highest BCUT2D eigenvalue weighted by atomic mass is 14.7. The molecule has 1 saturated carbocycles. The molecule has 0 radical (unpaired) electrons. The number of nitrogens with two attached hydrogens (primary N) is 1. The molecule has 1 aromatic rings. The Bertz CT molecular complexity index is 461. The van der Waals surface area contributed by atoms with Crippen molar-refractivity contribution in [3.63, 3.8) is 0 Å². The second-order valence-corrected chi connectivity index (χ2v) is 8.26. The fraction of sp³-hybridized carbons (Fsp3) is 0.700. The summed E-state index contributed by atoms with van der Waals surface area (Å²) in [4.78, 5) is 0. The van der Waals surface area contributed by atoms with Crippen molar-refractivity contribution in [1.82, 2.24) is 0 Å². The molecule has 1 aliphatic rings. The first-order valence-corrected chi connectivity index (χ1v) is 8.59. The highest BCUT2D eigenvalue weighted by molar-refractivity contribution is 5.30. The minimum absolute atomic E-state index is 0.327. The van der Waals surface area contributed by atoms with E-state index in [1.165, 1.54) is 42.4 Å². The largest absolute Gasteiger partial charge is 0.327 e. The molecule has 2 rings (SSSR count). The van der Waals surface area contributed by atoms with Crippen LogP contribution in [0.5, 0.6) is 0 Å². The van der Waals surface area contributed by atoms with Crippen molar-refractivity contribution in [2.45, 2.75) is 72.8 Å². The van der Waals surface area contributed by atoms with Crippen molar-refractivity contribution in [3.8, 4) is 0 Å². The van der Waals surface area contributed by atoms with Crippen LogP contribution in [0.4, 0.5) is 0 Å². The number of aryl methyl sites for hydroxylation is 2. The Morgan fingerprint density at radius 2 is 1.67 bits per heavy atom. The summed E-state index contributed by atoms with van der Waals surface area (Å²) in [7, 11) is 0. The van der Waals surface area contributed by atoms with Crippen LogP contribution in [0.3, 0.4) is 0 Å². The fourth-order valence-electron chi connectivity index (χ4n) is 3.78. The molecule has 1 aliphatic carbocycles. The molecule has 0 bridgehead atoms. The van der Waals surface area contributed by atoms with E-state index in [1.807, 2.05) is 0 Å². The average Bonchev–Trinajstić information content (AvgIpc) is 2.42. The Labute approximate surface area is 131 Å². The molecule has 0 aromatic heterocycles. The molecule has 0 amide bonds. The van der Waals surface area contributed by atoms with Gasteiger partial charge in [-0.3, -0.25) is 0 Å². The molecule has 118 valence electrons. The number of hydrogen-bond donors (Lipinski definition) is 1. The molecule has 1 fully saturated rings. The Kier molecular flexibility index (Phi) is 5.14. The maximum Gasteiger partial charge on any atom is 0.0108 e. The van der Waals surface area contributed by atoms with Gasteiger partial charge in [-0.2, -0.15) is 0 Å². The zero-order valence-corrected chi connectivity index (χ0v) is 14.6. The predicted octanol–water partition coefficient (Wildman–Crippen LogP) is 5.03. The van der Waals surface area contributed by atoms with E-state index in [1.54, 1.807) is 0 Å². The smallest absolute Gasteiger partial charge is 0.0108 e. The molecule has 0 heterocycles. The lowest BCUT2D eigenvalue weighted by Gasteiger charge is -2.38. The molecule has 1 heteroatoms. The van der Waals surface area contributed by atoms with Gasteiger partial charge in [0.2, 0.25) is 0 Å². The molecule has 0 spiro atoms. The van der Waals surface area contributed by atoms with Gasteiger partial charge in [0.25, 0.3) is 0 Å². The maximum absolute atomic E-state index is 6.52. The van der Waals surface area contributed by atoms with Gasteiger partial charge in [0.1, 0.15) is 0 Å². The minimum Gasteiger partial charge on any atom is -0.327 e. The Balaban J connectivity index is 1.90. The van der Waals surface area contributed by atoms with Gasteiger partial charge in [-0.15, -0.1) is 0 Å². The standard InChI is InChI=1S/C20H33N/c1-14-6-7-16(12-15(14)2)13-19(21)17-8-10-18(11-9-17)20(3,4)5/h6-7,12,17-19H,8-11,13,21H2,1-5H3. The van der Waals surface area contributed by atoms with Gasteiger partial charge in [0, 0.05) is 6.04 Å². The summed E-state index contributed by atoms with van der Waals surface area (Å²) < 4.78 is 0. The highest BCUT2D eigenvalue weighted by Crippen LogP contribution is 2.40. The summed E-state index contributed by atoms with van der Waals surface area (Å²) in [6.07, 6.45) is 6.37. The van der Waals surface area contributed by atoms with Crippen molar-refractivity contribution < 1.29 is 0 Å². The lowest BCUT2D eigenvalue weighted by molar-refractivity contribution is 0.139. The summed E-state index contributed by atoms with van der Waals surface area (Å²) in [6.45, 7) is 11.5. The van der Waals surface area contributed by atoms with Crippen LogP contribution in [0.1, 0.15) is 63.1 Å². The first-order chi connectivity index (χ1) is 9.77. The van der Waals surface area contributed by atoms with E-state index in [0.29, 0.717) is 17.4 Å². The molecule has 0 aliphatic heterocycles. The van der Waals surface area contributed by atoms with Crippen molar-refractivity contribution >= 4 is 0 Å². The molecule has 1 atom stereocenters. The van der Waals surface area contributed by atoms with Gasteiger partial charge in [0.15, 0.2) is 0 Å². The molecule has 21 heavy (non-hydrogen) atoms. The normalized spacial score (nSPS) is 24.9. The summed E-state index contributed by atoms with van der Waals surface area (Å²) in [5.74, 6) is 1.59. The number of hydrogen-bond acceptors (Lipinski definition) is 1. The van der Waals surface area contributed by atoms with Crippen LogP contribution in [0.15, 0.2) is 18.2 Å². The van der Waals surface area contributed by atoms with Crippen LogP contribution in [-0.2, 0) is 6.42 Å². The zero-order valence-electron chi connectivity index (χ0n) is 14.6. The molecule has 1 aromatic carbocycles. The summed E-state index contributed by atoms with van der Waals surface area (Å²) >= 11 is 0. The van der Waals surface area contributed by atoms with Crippen LogP contribution in [0, 0.1) is 31.1 Å². The first-order valence-electron chi connectivity index (χ1n) is 8.59. The van der Waals surface area contributed by atoms with Gasteiger partial charge in [-0.05, 0) is 79.9 Å². The quantitative estimate of drug-likeness (QED) is 0.829. The lowest BCUT2D eigenvalue weighted by Crippen LogP contribution is -2.36. The second-order valence-electron chi connectivity index (χ2n) is 8.26. The van der Waals surface area contributed by atoms with Gasteiger partial charge < -0.3 is 5.73 Å². The third-order valence-corrected chi connectivity index (χ3v) is 5.64. The van der Waals surface area contributed by atoms with Crippen LogP contribution in [0.2, 0.25) is 0 Å². The Morgan fingerprint density at radius 3 is 2.19 bits per heavy atom. The third kappa shape index (κ3) is 4.32. The highest BCUT2D eigenvalue weighted by Gasteiger charge is 2.31. The van der Waals surface area contributed by atoms with E-state index in [9.17, 15) is 0 Å². The van der Waals surface area contributed by atoms with E-state index >= 15 is 0 Å². The van der Waals surface area contributed by atoms with Crippen molar-refractivity contribution in [2.75, 3.05) is 0 Å². The summed E-state index contributed by atoms with van der Waals surface area (Å²) in [5, 5.41) is 0. The summed E-state index contributed by atoms with van der Waals surface area (Å²) in [6, 6.07) is 7.13. The average molecular weight is 287 g/mol. The predicted molar refractivity (Wildman–Crippen MR) is 92.5 cm³/mol. The van der Waals surface area contributed by atoms with Gasteiger partial charge >= 0.3 is 0 Å². The van der Waals surface area contributed by atoms with E-state index in [0.717, 1.165) is 12.3 Å². The molecule has 1 unspecified atom stereocenters. The van der Waals surface area contributed by atoms with Crippen LogP contribution >= 0.6 is 0 Å².